The molecule has 1 atom stereocenters. The number of rotatable bonds is 13. The van der Waals surface area contributed by atoms with Crippen molar-refractivity contribution in [3.05, 3.63) is 107 Å². The van der Waals surface area contributed by atoms with Gasteiger partial charge in [-0.3, -0.25) is 4.79 Å². The summed E-state index contributed by atoms with van der Waals surface area (Å²) in [5.41, 5.74) is 7.59. The van der Waals surface area contributed by atoms with Crippen molar-refractivity contribution < 1.29 is 23.4 Å². The number of furan rings is 1. The summed E-state index contributed by atoms with van der Waals surface area (Å²) in [6.45, 7) is 12.3. The number of allylic oxidation sites excluding steroid dienone is 1. The maximum atomic E-state index is 12.6. The first-order valence-electron chi connectivity index (χ1n) is 13.6. The van der Waals surface area contributed by atoms with Crippen molar-refractivity contribution in [3.8, 4) is 22.9 Å². The van der Waals surface area contributed by atoms with E-state index in [1.807, 2.05) is 43.3 Å². The summed E-state index contributed by atoms with van der Waals surface area (Å²) in [5, 5.41) is 4.11. The number of hydrogen-bond acceptors (Lipinski definition) is 6. The molecule has 8 nitrogen and oxygen atoms in total. The van der Waals surface area contributed by atoms with Crippen LogP contribution in [-0.2, 0) is 13.0 Å². The third kappa shape index (κ3) is 7.28. The largest absolute Gasteiger partial charge is 0.493 e. The zero-order valence-electron chi connectivity index (χ0n) is 24.3. The molecule has 2 aromatic carbocycles. The van der Waals surface area contributed by atoms with Crippen LogP contribution in [-0.4, -0.2) is 29.9 Å². The molecule has 1 amide bonds. The van der Waals surface area contributed by atoms with E-state index in [1.165, 1.54) is 11.4 Å². The molecule has 0 aliphatic rings. The summed E-state index contributed by atoms with van der Waals surface area (Å²) in [4.78, 5) is 12.6. The van der Waals surface area contributed by atoms with Gasteiger partial charge in [-0.05, 0) is 99.8 Å². The first kappa shape index (κ1) is 29.3. The van der Waals surface area contributed by atoms with Gasteiger partial charge in [0, 0.05) is 22.6 Å². The normalized spacial score (nSPS) is 11.8. The van der Waals surface area contributed by atoms with Crippen molar-refractivity contribution in [1.82, 2.24) is 9.99 Å². The average Bonchev–Trinajstić information content (AvgIpc) is 3.59. The van der Waals surface area contributed by atoms with Crippen molar-refractivity contribution in [2.24, 2.45) is 5.10 Å². The lowest BCUT2D eigenvalue weighted by Gasteiger charge is -2.19. The van der Waals surface area contributed by atoms with Crippen LogP contribution in [0.1, 0.15) is 59.1 Å². The van der Waals surface area contributed by atoms with Crippen LogP contribution in [0.2, 0.25) is 0 Å². The lowest BCUT2D eigenvalue weighted by molar-refractivity contribution is 0.0923. The molecule has 41 heavy (non-hydrogen) atoms. The SMILES string of the molecule is C=CCc1cc(/C=N/NC(=O)c2ccc(COc3ccc(-n4c(C)ccc4C)cc3)o2)cc(OC)c1O[C@H](C)CC. The maximum Gasteiger partial charge on any atom is 0.307 e. The molecule has 0 bridgehead atoms. The average molecular weight is 556 g/mol. The van der Waals surface area contributed by atoms with E-state index in [0.717, 1.165) is 23.2 Å². The number of carbonyl (C=O) groups excluding carboxylic acids is 1. The van der Waals surface area contributed by atoms with Crippen molar-refractivity contribution in [2.75, 3.05) is 7.11 Å². The molecule has 0 spiro atoms. The van der Waals surface area contributed by atoms with E-state index in [-0.39, 0.29) is 18.5 Å². The molecule has 214 valence electrons. The molecule has 1 N–H and O–H groups in total. The molecule has 8 heteroatoms. The summed E-state index contributed by atoms with van der Waals surface area (Å²) >= 11 is 0. The first-order chi connectivity index (χ1) is 19.8. The highest BCUT2D eigenvalue weighted by atomic mass is 16.5. The summed E-state index contributed by atoms with van der Waals surface area (Å²) in [6, 6.07) is 19.1. The molecule has 0 fully saturated rings. The van der Waals surface area contributed by atoms with Gasteiger partial charge in [0.15, 0.2) is 17.3 Å². The summed E-state index contributed by atoms with van der Waals surface area (Å²) in [7, 11) is 1.60. The standard InChI is InChI=1S/C33H37N3O5/c1-7-9-26-18-25(19-31(38-6)32(26)40-24(5)8-2)20-34-35-33(37)30-17-16-29(41-30)21-39-28-14-12-27(13-15-28)36-22(3)10-11-23(36)4/h7,10-20,24H,1,8-9,21H2,2-6H3,(H,35,37)/b34-20+/t24-/m1/s1. The fourth-order valence-corrected chi connectivity index (χ4v) is 4.35. The van der Waals surface area contributed by atoms with E-state index in [9.17, 15) is 4.79 Å². The Morgan fingerprint density at radius 3 is 2.49 bits per heavy atom. The van der Waals surface area contributed by atoms with Crippen molar-refractivity contribution in [2.45, 2.75) is 53.2 Å². The smallest absolute Gasteiger partial charge is 0.307 e. The third-order valence-electron chi connectivity index (χ3n) is 6.64. The Bertz CT molecular complexity index is 1490. The van der Waals surface area contributed by atoms with Crippen LogP contribution in [0.5, 0.6) is 17.2 Å². The zero-order valence-corrected chi connectivity index (χ0v) is 24.3. The number of methoxy groups -OCH3 is 1. The molecule has 0 aliphatic heterocycles. The molecule has 2 heterocycles. The van der Waals surface area contributed by atoms with Gasteiger partial charge in [0.25, 0.3) is 0 Å². The van der Waals surface area contributed by atoms with Crippen LogP contribution >= 0.6 is 0 Å². The van der Waals surface area contributed by atoms with Gasteiger partial charge in [-0.2, -0.15) is 5.10 Å². The predicted molar refractivity (Wildman–Crippen MR) is 161 cm³/mol. The number of ether oxygens (including phenoxy) is 3. The van der Waals surface area contributed by atoms with Gasteiger partial charge in [-0.15, -0.1) is 6.58 Å². The van der Waals surface area contributed by atoms with Crippen molar-refractivity contribution >= 4 is 12.1 Å². The zero-order chi connectivity index (χ0) is 29.4. The number of benzene rings is 2. The second kappa shape index (κ2) is 13.6. The molecule has 4 rings (SSSR count). The Kier molecular flexibility index (Phi) is 9.68. The van der Waals surface area contributed by atoms with Gasteiger partial charge in [-0.25, -0.2) is 5.43 Å². The lowest BCUT2D eigenvalue weighted by Crippen LogP contribution is -2.17. The van der Waals surface area contributed by atoms with E-state index in [0.29, 0.717) is 29.4 Å². The predicted octanol–water partition coefficient (Wildman–Crippen LogP) is 6.94. The molecular weight excluding hydrogens is 518 g/mol. The Labute approximate surface area is 241 Å². The minimum absolute atomic E-state index is 0.0409. The highest BCUT2D eigenvalue weighted by molar-refractivity contribution is 5.92. The van der Waals surface area contributed by atoms with E-state index in [1.54, 1.807) is 31.5 Å². The van der Waals surface area contributed by atoms with Crippen LogP contribution in [0, 0.1) is 13.8 Å². The number of hydrogen-bond donors (Lipinski definition) is 1. The van der Waals surface area contributed by atoms with Gasteiger partial charge >= 0.3 is 5.91 Å². The van der Waals surface area contributed by atoms with Gasteiger partial charge in [0.05, 0.1) is 19.4 Å². The fourth-order valence-electron chi connectivity index (χ4n) is 4.35. The van der Waals surface area contributed by atoms with Crippen LogP contribution in [0.25, 0.3) is 5.69 Å². The molecule has 0 saturated carbocycles. The first-order valence-corrected chi connectivity index (χ1v) is 13.6. The molecule has 0 radical (unpaired) electrons. The number of carbonyl (C=O) groups is 1. The number of aromatic nitrogens is 1. The molecule has 0 unspecified atom stereocenters. The van der Waals surface area contributed by atoms with Gasteiger partial charge < -0.3 is 23.2 Å². The number of amides is 1. The number of hydrazone groups is 1. The highest BCUT2D eigenvalue weighted by Gasteiger charge is 2.15. The Morgan fingerprint density at radius 1 is 1.10 bits per heavy atom. The maximum absolute atomic E-state index is 12.6. The topological polar surface area (TPSA) is 87.2 Å². The van der Waals surface area contributed by atoms with E-state index in [4.69, 9.17) is 18.6 Å². The van der Waals surface area contributed by atoms with Crippen molar-refractivity contribution in [1.29, 1.82) is 0 Å². The molecule has 2 aromatic heterocycles. The Morgan fingerprint density at radius 2 is 1.83 bits per heavy atom. The van der Waals surface area contributed by atoms with Gasteiger partial charge in [-0.1, -0.05) is 13.0 Å². The highest BCUT2D eigenvalue weighted by Crippen LogP contribution is 2.34. The monoisotopic (exact) mass is 555 g/mol. The van der Waals surface area contributed by atoms with Crippen LogP contribution in [0.3, 0.4) is 0 Å². The summed E-state index contributed by atoms with van der Waals surface area (Å²) in [6.07, 6.45) is 4.87. The minimum Gasteiger partial charge on any atom is -0.493 e. The molecular formula is C33H37N3O5. The quantitative estimate of drug-likeness (QED) is 0.110. The van der Waals surface area contributed by atoms with Gasteiger partial charge in [0.2, 0.25) is 0 Å². The van der Waals surface area contributed by atoms with E-state index >= 15 is 0 Å². The minimum atomic E-state index is -0.468. The summed E-state index contributed by atoms with van der Waals surface area (Å²) in [5.74, 6) is 2.18. The number of aryl methyl sites for hydroxylation is 2. The second-order valence-electron chi connectivity index (χ2n) is 9.74. The Hall–Kier alpha value is -4.72. The van der Waals surface area contributed by atoms with Crippen LogP contribution < -0.4 is 19.6 Å². The van der Waals surface area contributed by atoms with Gasteiger partial charge in [0.1, 0.15) is 18.1 Å². The van der Waals surface area contributed by atoms with E-state index < -0.39 is 5.91 Å². The second-order valence-corrected chi connectivity index (χ2v) is 9.74. The van der Waals surface area contributed by atoms with Crippen molar-refractivity contribution in [3.63, 3.8) is 0 Å². The van der Waals surface area contributed by atoms with Crippen LogP contribution in [0.4, 0.5) is 0 Å². The van der Waals surface area contributed by atoms with E-state index in [2.05, 4.69) is 54.6 Å². The number of nitrogens with zero attached hydrogens (tertiary/aromatic N) is 2. The fraction of sp³-hybridized carbons (Fsp3) is 0.273. The van der Waals surface area contributed by atoms with Crippen LogP contribution in [0.15, 0.2) is 82.8 Å². The number of nitrogens with one attached hydrogen (secondary N) is 1. The third-order valence-corrected chi connectivity index (χ3v) is 6.64. The molecule has 4 aromatic rings. The summed E-state index contributed by atoms with van der Waals surface area (Å²) < 4.78 is 25.4. The Balaban J connectivity index is 1.35. The molecule has 0 saturated heterocycles. The molecule has 0 aliphatic carbocycles. The lowest BCUT2D eigenvalue weighted by atomic mass is 10.1.